The van der Waals surface area contributed by atoms with E-state index in [4.69, 9.17) is 4.74 Å². The molecule has 2 aromatic heterocycles. The fraction of sp³-hybridized carbons (Fsp3) is 0.611. The van der Waals surface area contributed by atoms with Crippen LogP contribution in [0.2, 0.25) is 0 Å². The summed E-state index contributed by atoms with van der Waals surface area (Å²) in [5.74, 6) is 0.0997. The van der Waals surface area contributed by atoms with Crippen LogP contribution in [0.5, 0.6) is 0 Å². The highest BCUT2D eigenvalue weighted by atomic mass is 32.1. The van der Waals surface area contributed by atoms with Gasteiger partial charge in [-0.1, -0.05) is 0 Å². The summed E-state index contributed by atoms with van der Waals surface area (Å²) in [4.78, 5) is 22.8. The van der Waals surface area contributed by atoms with E-state index < -0.39 is 0 Å². The highest BCUT2D eigenvalue weighted by molar-refractivity contribution is 7.12. The summed E-state index contributed by atoms with van der Waals surface area (Å²) in [5, 5.41) is 0.997. The third kappa shape index (κ3) is 3.54. The molecule has 134 valence electrons. The molecule has 1 amide bonds. The van der Waals surface area contributed by atoms with Gasteiger partial charge in [-0.15, -0.1) is 0 Å². The van der Waals surface area contributed by atoms with Gasteiger partial charge in [-0.25, -0.2) is 4.98 Å². The number of hydrogen-bond donors (Lipinski definition) is 0. The molecule has 0 bridgehead atoms. The lowest BCUT2D eigenvalue weighted by Gasteiger charge is -2.34. The van der Waals surface area contributed by atoms with Crippen LogP contribution in [0.1, 0.15) is 35.3 Å². The number of pyridine rings is 1. The van der Waals surface area contributed by atoms with E-state index in [1.54, 1.807) is 6.20 Å². The molecule has 4 rings (SSSR count). The number of ether oxygens (including phenoxy) is 1. The van der Waals surface area contributed by atoms with Crippen molar-refractivity contribution in [2.24, 2.45) is 0 Å². The summed E-state index contributed by atoms with van der Waals surface area (Å²) in [5.41, 5.74) is 1.63. The summed E-state index contributed by atoms with van der Waals surface area (Å²) in [6.45, 7) is 7.32. The molecule has 0 aliphatic carbocycles. The number of nitrogens with zero attached hydrogens (tertiary/aromatic N) is 4. The third-order valence-corrected chi connectivity index (χ3v) is 6.17. The third-order valence-electron chi connectivity index (χ3n) is 5.30. The first kappa shape index (κ1) is 16.9. The Hall–Kier alpha value is -1.57. The van der Waals surface area contributed by atoms with Gasteiger partial charge in [-0.05, 0) is 43.8 Å². The highest BCUT2D eigenvalue weighted by Crippen LogP contribution is 2.23. The van der Waals surface area contributed by atoms with E-state index in [2.05, 4.69) is 14.3 Å². The molecule has 0 radical (unpaired) electrons. The van der Waals surface area contributed by atoms with Crippen molar-refractivity contribution < 1.29 is 9.53 Å². The van der Waals surface area contributed by atoms with Crippen LogP contribution < -0.4 is 0 Å². The maximum atomic E-state index is 12.9. The van der Waals surface area contributed by atoms with Gasteiger partial charge in [0, 0.05) is 43.8 Å². The SMILES string of the molecule is Cc1nsc2ncc(C(=O)N3CCCC(N4CCOCC4)CC3)cc12. The second-order valence-electron chi connectivity index (χ2n) is 6.87. The maximum absolute atomic E-state index is 12.9. The van der Waals surface area contributed by atoms with E-state index in [-0.39, 0.29) is 5.91 Å². The summed E-state index contributed by atoms with van der Waals surface area (Å²) in [7, 11) is 0. The average Bonchev–Trinajstić information content (AvgIpc) is 2.87. The summed E-state index contributed by atoms with van der Waals surface area (Å²) >= 11 is 1.39. The largest absolute Gasteiger partial charge is 0.379 e. The smallest absolute Gasteiger partial charge is 0.255 e. The van der Waals surface area contributed by atoms with Crippen LogP contribution in [0.3, 0.4) is 0 Å². The first-order valence-electron chi connectivity index (χ1n) is 9.05. The van der Waals surface area contributed by atoms with Crippen LogP contribution in [0.25, 0.3) is 10.2 Å². The molecule has 2 fully saturated rings. The molecule has 0 N–H and O–H groups in total. The molecule has 6 nitrogen and oxygen atoms in total. The minimum absolute atomic E-state index is 0.0997. The number of carbonyl (C=O) groups excluding carboxylic acids is 1. The Balaban J connectivity index is 1.45. The lowest BCUT2D eigenvalue weighted by Crippen LogP contribution is -2.44. The van der Waals surface area contributed by atoms with Crippen LogP contribution in [-0.2, 0) is 4.74 Å². The number of aryl methyl sites for hydroxylation is 1. The number of aromatic nitrogens is 2. The van der Waals surface area contributed by atoms with Crippen molar-refractivity contribution in [2.75, 3.05) is 39.4 Å². The number of morpholine rings is 1. The van der Waals surface area contributed by atoms with Gasteiger partial charge in [-0.3, -0.25) is 9.69 Å². The molecule has 0 spiro atoms. The van der Waals surface area contributed by atoms with Crippen molar-refractivity contribution in [1.82, 2.24) is 19.2 Å². The molecule has 0 saturated carbocycles. The number of carbonyl (C=O) groups is 1. The standard InChI is InChI=1S/C18H24N4O2S/c1-13-16-11-14(12-19-17(16)25-20-13)18(23)22-5-2-3-15(4-6-22)21-7-9-24-10-8-21/h11-12,15H,2-10H2,1H3. The van der Waals surface area contributed by atoms with Crippen LogP contribution in [-0.4, -0.2) is 70.5 Å². The van der Waals surface area contributed by atoms with Gasteiger partial charge < -0.3 is 9.64 Å². The molecular weight excluding hydrogens is 336 g/mol. The van der Waals surface area contributed by atoms with Crippen LogP contribution in [0, 0.1) is 6.92 Å². The van der Waals surface area contributed by atoms with E-state index in [9.17, 15) is 4.79 Å². The molecule has 2 aliphatic heterocycles. The molecule has 2 aromatic rings. The van der Waals surface area contributed by atoms with Crippen LogP contribution in [0.15, 0.2) is 12.3 Å². The minimum atomic E-state index is 0.0997. The van der Waals surface area contributed by atoms with Gasteiger partial charge in [0.15, 0.2) is 0 Å². The lowest BCUT2D eigenvalue weighted by atomic mass is 10.1. The summed E-state index contributed by atoms with van der Waals surface area (Å²) in [6.07, 6.45) is 4.96. The maximum Gasteiger partial charge on any atom is 0.255 e. The predicted molar refractivity (Wildman–Crippen MR) is 98.1 cm³/mol. The van der Waals surface area contributed by atoms with Gasteiger partial charge in [-0.2, -0.15) is 4.37 Å². The van der Waals surface area contributed by atoms with Gasteiger partial charge in [0.2, 0.25) is 0 Å². The predicted octanol–water partition coefficient (Wildman–Crippen LogP) is 2.33. The van der Waals surface area contributed by atoms with Crippen molar-refractivity contribution in [3.63, 3.8) is 0 Å². The van der Waals surface area contributed by atoms with E-state index in [1.165, 1.54) is 11.5 Å². The Morgan fingerprint density at radius 3 is 2.92 bits per heavy atom. The number of likely N-dealkylation sites (tertiary alicyclic amines) is 1. The fourth-order valence-corrected chi connectivity index (χ4v) is 4.56. The van der Waals surface area contributed by atoms with E-state index in [1.807, 2.05) is 17.9 Å². The molecule has 4 heterocycles. The number of fused-ring (bicyclic) bond motifs is 1. The fourth-order valence-electron chi connectivity index (χ4n) is 3.83. The van der Waals surface area contributed by atoms with Crippen LogP contribution in [0.4, 0.5) is 0 Å². The second-order valence-corrected chi connectivity index (χ2v) is 7.62. The van der Waals surface area contributed by atoms with Crippen molar-refractivity contribution in [1.29, 1.82) is 0 Å². The molecular formula is C18H24N4O2S. The average molecular weight is 360 g/mol. The Morgan fingerprint density at radius 1 is 1.24 bits per heavy atom. The number of amides is 1. The van der Waals surface area contributed by atoms with Crippen LogP contribution >= 0.6 is 11.5 Å². The molecule has 2 aliphatic rings. The van der Waals surface area contributed by atoms with E-state index in [0.29, 0.717) is 11.6 Å². The monoisotopic (exact) mass is 360 g/mol. The first-order chi connectivity index (χ1) is 12.2. The zero-order valence-electron chi connectivity index (χ0n) is 14.6. The Morgan fingerprint density at radius 2 is 2.08 bits per heavy atom. The Bertz CT molecular complexity index is 757. The normalized spacial score (nSPS) is 22.9. The molecule has 1 unspecified atom stereocenters. The van der Waals surface area contributed by atoms with Crippen molar-refractivity contribution in [2.45, 2.75) is 32.2 Å². The second kappa shape index (κ2) is 7.35. The van der Waals surface area contributed by atoms with E-state index >= 15 is 0 Å². The quantitative estimate of drug-likeness (QED) is 0.823. The van der Waals surface area contributed by atoms with Crippen molar-refractivity contribution >= 4 is 27.7 Å². The Kier molecular flexibility index (Phi) is 4.96. The molecule has 7 heteroatoms. The molecule has 25 heavy (non-hydrogen) atoms. The lowest BCUT2D eigenvalue weighted by molar-refractivity contribution is 0.0135. The number of hydrogen-bond acceptors (Lipinski definition) is 6. The summed E-state index contributed by atoms with van der Waals surface area (Å²) < 4.78 is 9.78. The Labute approximate surface area is 151 Å². The number of rotatable bonds is 2. The molecule has 2 saturated heterocycles. The summed E-state index contributed by atoms with van der Waals surface area (Å²) in [6, 6.07) is 2.53. The van der Waals surface area contributed by atoms with Crippen molar-refractivity contribution in [3.8, 4) is 0 Å². The van der Waals surface area contributed by atoms with Gasteiger partial charge in [0.1, 0.15) is 4.83 Å². The zero-order valence-corrected chi connectivity index (χ0v) is 15.4. The first-order valence-corrected chi connectivity index (χ1v) is 9.83. The molecule has 0 aromatic carbocycles. The van der Waals surface area contributed by atoms with Gasteiger partial charge in [0.25, 0.3) is 5.91 Å². The molecule has 1 atom stereocenters. The van der Waals surface area contributed by atoms with Gasteiger partial charge >= 0.3 is 0 Å². The topological polar surface area (TPSA) is 58.6 Å². The van der Waals surface area contributed by atoms with Gasteiger partial charge in [0.05, 0.1) is 24.5 Å². The zero-order chi connectivity index (χ0) is 17.2. The highest BCUT2D eigenvalue weighted by Gasteiger charge is 2.26. The van der Waals surface area contributed by atoms with Crippen molar-refractivity contribution in [3.05, 3.63) is 23.5 Å². The van der Waals surface area contributed by atoms with E-state index in [0.717, 1.165) is 74.6 Å². The minimum Gasteiger partial charge on any atom is -0.379 e.